The number of carbonyl (C=O) groups is 2. The molecule has 7 heteroatoms. The average molecular weight is 428 g/mol. The first-order chi connectivity index (χ1) is 15.5. The number of nitrogens with zero attached hydrogens (tertiary/aromatic N) is 4. The lowest BCUT2D eigenvalue weighted by Gasteiger charge is -2.34. The monoisotopic (exact) mass is 428 g/mol. The molecule has 0 bridgehead atoms. The van der Waals surface area contributed by atoms with Crippen molar-refractivity contribution < 1.29 is 14.0 Å². The molecular formula is C25H24N4O3. The van der Waals surface area contributed by atoms with Gasteiger partial charge in [0.15, 0.2) is 5.76 Å². The van der Waals surface area contributed by atoms with Crippen LogP contribution in [0.1, 0.15) is 32.0 Å². The Hall–Kier alpha value is -3.87. The Morgan fingerprint density at radius 1 is 0.906 bits per heavy atom. The SMILES string of the molecule is Cc1ccc(-n2cnc3cc(C(=O)N4CCN(C(=O)c5ccco5)CC4)ccc32)c(C)c1. The van der Waals surface area contributed by atoms with Crippen LogP contribution in [0.15, 0.2) is 65.5 Å². The molecule has 7 nitrogen and oxygen atoms in total. The highest BCUT2D eigenvalue weighted by Gasteiger charge is 2.27. The molecule has 0 saturated carbocycles. The van der Waals surface area contributed by atoms with Crippen LogP contribution < -0.4 is 0 Å². The van der Waals surface area contributed by atoms with Gasteiger partial charge in [0, 0.05) is 31.7 Å². The fraction of sp³-hybridized carbons (Fsp3) is 0.240. The van der Waals surface area contributed by atoms with E-state index in [9.17, 15) is 9.59 Å². The smallest absolute Gasteiger partial charge is 0.289 e. The van der Waals surface area contributed by atoms with E-state index in [0.29, 0.717) is 37.5 Å². The number of hydrogen-bond acceptors (Lipinski definition) is 4. The van der Waals surface area contributed by atoms with Gasteiger partial charge < -0.3 is 14.2 Å². The molecule has 0 atom stereocenters. The van der Waals surface area contributed by atoms with Crippen LogP contribution in [0.3, 0.4) is 0 Å². The molecule has 2 aromatic carbocycles. The van der Waals surface area contributed by atoms with E-state index in [-0.39, 0.29) is 11.8 Å². The Morgan fingerprint density at radius 2 is 1.66 bits per heavy atom. The Morgan fingerprint density at radius 3 is 2.34 bits per heavy atom. The maximum atomic E-state index is 13.1. The minimum atomic E-state index is -0.138. The van der Waals surface area contributed by atoms with Gasteiger partial charge >= 0.3 is 0 Å². The lowest BCUT2D eigenvalue weighted by atomic mass is 10.1. The van der Waals surface area contributed by atoms with Crippen LogP contribution in [0.5, 0.6) is 0 Å². The summed E-state index contributed by atoms with van der Waals surface area (Å²) in [7, 11) is 0. The topological polar surface area (TPSA) is 71.6 Å². The summed E-state index contributed by atoms with van der Waals surface area (Å²) >= 11 is 0. The van der Waals surface area contributed by atoms with Gasteiger partial charge in [-0.1, -0.05) is 17.7 Å². The van der Waals surface area contributed by atoms with E-state index >= 15 is 0 Å². The minimum absolute atomic E-state index is 0.0435. The van der Waals surface area contributed by atoms with E-state index in [0.717, 1.165) is 16.7 Å². The summed E-state index contributed by atoms with van der Waals surface area (Å²) in [4.78, 5) is 33.6. The van der Waals surface area contributed by atoms with Crippen molar-refractivity contribution in [2.75, 3.05) is 26.2 Å². The molecule has 0 aliphatic carbocycles. The largest absolute Gasteiger partial charge is 0.459 e. The van der Waals surface area contributed by atoms with Crippen molar-refractivity contribution in [3.8, 4) is 5.69 Å². The molecule has 0 spiro atoms. The van der Waals surface area contributed by atoms with Gasteiger partial charge in [0.25, 0.3) is 11.8 Å². The van der Waals surface area contributed by atoms with Gasteiger partial charge in [-0.3, -0.25) is 14.2 Å². The highest BCUT2D eigenvalue weighted by molar-refractivity contribution is 5.98. The number of fused-ring (bicyclic) bond motifs is 1. The van der Waals surface area contributed by atoms with Crippen LogP contribution >= 0.6 is 0 Å². The third-order valence-corrected chi connectivity index (χ3v) is 5.99. The van der Waals surface area contributed by atoms with Gasteiger partial charge in [0.2, 0.25) is 0 Å². The summed E-state index contributed by atoms with van der Waals surface area (Å²) in [5, 5.41) is 0. The number of piperazine rings is 1. The van der Waals surface area contributed by atoms with Crippen LogP contribution in [-0.4, -0.2) is 57.3 Å². The second-order valence-electron chi connectivity index (χ2n) is 8.17. The lowest BCUT2D eigenvalue weighted by molar-refractivity contribution is 0.0518. The average Bonchev–Trinajstić information content (AvgIpc) is 3.48. The summed E-state index contributed by atoms with van der Waals surface area (Å²) in [5.74, 6) is 0.146. The second-order valence-corrected chi connectivity index (χ2v) is 8.17. The number of furan rings is 1. The summed E-state index contributed by atoms with van der Waals surface area (Å²) < 4.78 is 7.25. The van der Waals surface area contributed by atoms with Crippen molar-refractivity contribution >= 4 is 22.8 Å². The predicted molar refractivity (Wildman–Crippen MR) is 121 cm³/mol. The third kappa shape index (κ3) is 3.56. The zero-order valence-corrected chi connectivity index (χ0v) is 18.1. The molecule has 2 amide bonds. The molecule has 162 valence electrons. The Kier molecular flexibility index (Phi) is 5.01. The molecular weight excluding hydrogens is 404 g/mol. The Labute approximate surface area is 185 Å². The van der Waals surface area contributed by atoms with Crippen molar-refractivity contribution in [3.05, 3.63) is 83.6 Å². The molecule has 4 aromatic rings. The molecule has 2 aromatic heterocycles. The van der Waals surface area contributed by atoms with E-state index in [1.54, 1.807) is 28.3 Å². The number of benzene rings is 2. The Balaban J connectivity index is 1.32. The molecule has 1 aliphatic heterocycles. The van der Waals surface area contributed by atoms with E-state index in [2.05, 4.69) is 41.6 Å². The van der Waals surface area contributed by atoms with Crippen LogP contribution in [0.2, 0.25) is 0 Å². The van der Waals surface area contributed by atoms with E-state index in [4.69, 9.17) is 4.42 Å². The van der Waals surface area contributed by atoms with Crippen molar-refractivity contribution in [3.63, 3.8) is 0 Å². The highest BCUT2D eigenvalue weighted by Crippen LogP contribution is 2.23. The summed E-state index contributed by atoms with van der Waals surface area (Å²) in [5.41, 5.74) is 5.81. The molecule has 32 heavy (non-hydrogen) atoms. The first-order valence-electron chi connectivity index (χ1n) is 10.7. The molecule has 3 heterocycles. The number of rotatable bonds is 3. The molecule has 0 radical (unpaired) electrons. The number of carbonyl (C=O) groups excluding carboxylic acids is 2. The highest BCUT2D eigenvalue weighted by atomic mass is 16.3. The van der Waals surface area contributed by atoms with Gasteiger partial charge in [-0.05, 0) is 55.8 Å². The second kappa shape index (κ2) is 8.00. The van der Waals surface area contributed by atoms with Crippen molar-refractivity contribution in [1.29, 1.82) is 0 Å². The van der Waals surface area contributed by atoms with Gasteiger partial charge in [0.05, 0.1) is 23.0 Å². The summed E-state index contributed by atoms with van der Waals surface area (Å²) in [6, 6.07) is 15.3. The molecule has 0 unspecified atom stereocenters. The molecule has 1 saturated heterocycles. The van der Waals surface area contributed by atoms with Crippen LogP contribution in [0, 0.1) is 13.8 Å². The minimum Gasteiger partial charge on any atom is -0.459 e. The maximum Gasteiger partial charge on any atom is 0.289 e. The van der Waals surface area contributed by atoms with Gasteiger partial charge in [-0.15, -0.1) is 0 Å². The molecule has 1 aliphatic rings. The van der Waals surface area contributed by atoms with Gasteiger partial charge in [-0.25, -0.2) is 4.98 Å². The van der Waals surface area contributed by atoms with E-state index < -0.39 is 0 Å². The van der Waals surface area contributed by atoms with E-state index in [1.807, 2.05) is 18.2 Å². The zero-order chi connectivity index (χ0) is 22.2. The number of aryl methyl sites for hydroxylation is 2. The molecule has 5 rings (SSSR count). The van der Waals surface area contributed by atoms with Gasteiger partial charge in [0.1, 0.15) is 6.33 Å². The molecule has 0 N–H and O–H groups in total. The fourth-order valence-electron chi connectivity index (χ4n) is 4.26. The van der Waals surface area contributed by atoms with Crippen molar-refractivity contribution in [1.82, 2.24) is 19.4 Å². The summed E-state index contributed by atoms with van der Waals surface area (Å²) in [6.45, 7) is 6.10. The van der Waals surface area contributed by atoms with Gasteiger partial charge in [-0.2, -0.15) is 0 Å². The van der Waals surface area contributed by atoms with Crippen molar-refractivity contribution in [2.24, 2.45) is 0 Å². The zero-order valence-electron chi connectivity index (χ0n) is 18.1. The van der Waals surface area contributed by atoms with Crippen molar-refractivity contribution in [2.45, 2.75) is 13.8 Å². The number of aromatic nitrogens is 2. The quantitative estimate of drug-likeness (QED) is 0.497. The van der Waals surface area contributed by atoms with Crippen LogP contribution in [-0.2, 0) is 0 Å². The van der Waals surface area contributed by atoms with E-state index in [1.165, 1.54) is 17.4 Å². The lowest BCUT2D eigenvalue weighted by Crippen LogP contribution is -2.50. The van der Waals surface area contributed by atoms with Crippen LogP contribution in [0.4, 0.5) is 0 Å². The fourth-order valence-corrected chi connectivity index (χ4v) is 4.26. The molecule has 1 fully saturated rings. The first-order valence-corrected chi connectivity index (χ1v) is 10.7. The standard InChI is InChI=1S/C25H24N4O3/c1-17-5-7-21(18(2)14-17)29-16-26-20-15-19(6-8-22(20)29)24(30)27-9-11-28(12-10-27)25(31)23-4-3-13-32-23/h3-8,13-16H,9-12H2,1-2H3. The number of amides is 2. The first kappa shape index (κ1) is 20.1. The third-order valence-electron chi connectivity index (χ3n) is 5.99. The number of imidazole rings is 1. The Bertz CT molecular complexity index is 1300. The number of hydrogen-bond donors (Lipinski definition) is 0. The predicted octanol–water partition coefficient (Wildman–Crippen LogP) is 3.83. The maximum absolute atomic E-state index is 13.1. The van der Waals surface area contributed by atoms with Crippen LogP contribution in [0.25, 0.3) is 16.7 Å². The normalized spacial score (nSPS) is 14.2. The summed E-state index contributed by atoms with van der Waals surface area (Å²) in [6.07, 6.45) is 3.29.